The van der Waals surface area contributed by atoms with Crippen molar-refractivity contribution in [2.24, 2.45) is 0 Å². The molecule has 1 aromatic carbocycles. The lowest BCUT2D eigenvalue weighted by molar-refractivity contribution is 0.0695. The van der Waals surface area contributed by atoms with Crippen LogP contribution in [0.25, 0.3) is 0 Å². The van der Waals surface area contributed by atoms with Crippen molar-refractivity contribution in [1.29, 1.82) is 0 Å². The molecule has 0 fully saturated rings. The molecule has 1 rings (SSSR count). The predicted octanol–water partition coefficient (Wildman–Crippen LogP) is 2.66. The van der Waals surface area contributed by atoms with Crippen LogP contribution in [0.2, 0.25) is 0 Å². The molecule has 0 aliphatic carbocycles. The Labute approximate surface area is 115 Å². The lowest BCUT2D eigenvalue weighted by atomic mass is 10.2. The summed E-state index contributed by atoms with van der Waals surface area (Å²) in [5.74, 6) is -0.0615. The second kappa shape index (κ2) is 8.53. The highest BCUT2D eigenvalue weighted by Gasteiger charge is 2.07. The first kappa shape index (κ1) is 15.5. The number of amides is 1. The van der Waals surface area contributed by atoms with E-state index in [1.165, 1.54) is 0 Å². The molecule has 2 N–H and O–H groups in total. The number of anilines is 1. The Hall–Kier alpha value is -1.55. The zero-order valence-electron chi connectivity index (χ0n) is 12.0. The fourth-order valence-corrected chi connectivity index (χ4v) is 1.69. The molecular formula is C15H24N2O2. The molecule has 0 heterocycles. The standard InChI is InChI=1S/C15H24N2O2/c1-4-10-16-14-8-6-13(7-9-14)15(18)17-11-12(3)19-5-2/h6-9,12,16H,4-5,10-11H2,1-3H3,(H,17,18). The normalized spacial score (nSPS) is 11.9. The molecule has 0 aromatic heterocycles. The first-order chi connectivity index (χ1) is 9.17. The average Bonchev–Trinajstić information content (AvgIpc) is 2.43. The van der Waals surface area contributed by atoms with E-state index < -0.39 is 0 Å². The smallest absolute Gasteiger partial charge is 0.251 e. The van der Waals surface area contributed by atoms with Gasteiger partial charge in [0.25, 0.3) is 5.91 Å². The minimum Gasteiger partial charge on any atom is -0.385 e. The maximum absolute atomic E-state index is 11.9. The summed E-state index contributed by atoms with van der Waals surface area (Å²) in [4.78, 5) is 11.9. The number of hydrogen-bond acceptors (Lipinski definition) is 3. The molecule has 4 heteroatoms. The van der Waals surface area contributed by atoms with E-state index in [1.54, 1.807) is 0 Å². The van der Waals surface area contributed by atoms with Gasteiger partial charge in [0, 0.05) is 30.9 Å². The number of nitrogens with one attached hydrogen (secondary N) is 2. The Bertz CT molecular complexity index is 376. The van der Waals surface area contributed by atoms with Crippen LogP contribution < -0.4 is 10.6 Å². The largest absolute Gasteiger partial charge is 0.385 e. The number of hydrogen-bond donors (Lipinski definition) is 2. The van der Waals surface area contributed by atoms with E-state index >= 15 is 0 Å². The summed E-state index contributed by atoms with van der Waals surface area (Å²) in [6.45, 7) is 8.14. The van der Waals surface area contributed by atoms with E-state index in [0.717, 1.165) is 18.7 Å². The molecule has 0 radical (unpaired) electrons. The third-order valence-electron chi connectivity index (χ3n) is 2.73. The van der Waals surface area contributed by atoms with Gasteiger partial charge in [-0.1, -0.05) is 6.92 Å². The molecule has 0 spiro atoms. The molecule has 1 atom stereocenters. The van der Waals surface area contributed by atoms with Crippen LogP contribution in [0, 0.1) is 0 Å². The molecule has 1 amide bonds. The molecule has 0 aliphatic rings. The van der Waals surface area contributed by atoms with Gasteiger partial charge < -0.3 is 15.4 Å². The maximum atomic E-state index is 11.9. The van der Waals surface area contributed by atoms with Gasteiger partial charge in [0.1, 0.15) is 0 Å². The van der Waals surface area contributed by atoms with Gasteiger partial charge in [0.05, 0.1) is 6.10 Å². The highest BCUT2D eigenvalue weighted by molar-refractivity contribution is 5.94. The van der Waals surface area contributed by atoms with Crippen LogP contribution in [0.4, 0.5) is 5.69 Å². The molecule has 19 heavy (non-hydrogen) atoms. The van der Waals surface area contributed by atoms with E-state index in [-0.39, 0.29) is 12.0 Å². The van der Waals surface area contributed by atoms with Crippen LogP contribution in [0.15, 0.2) is 24.3 Å². The quantitative estimate of drug-likeness (QED) is 0.759. The summed E-state index contributed by atoms with van der Waals surface area (Å²) in [7, 11) is 0. The van der Waals surface area contributed by atoms with Gasteiger partial charge in [0.2, 0.25) is 0 Å². The average molecular weight is 264 g/mol. The summed E-state index contributed by atoms with van der Waals surface area (Å²) >= 11 is 0. The second-order valence-corrected chi connectivity index (χ2v) is 4.48. The van der Waals surface area contributed by atoms with Crippen molar-refractivity contribution in [1.82, 2.24) is 5.32 Å². The molecule has 4 nitrogen and oxygen atoms in total. The van der Waals surface area contributed by atoms with Crippen LogP contribution >= 0.6 is 0 Å². The summed E-state index contributed by atoms with van der Waals surface area (Å²) in [5.41, 5.74) is 1.71. The number of carbonyl (C=O) groups excluding carboxylic acids is 1. The van der Waals surface area contributed by atoms with E-state index in [1.807, 2.05) is 38.1 Å². The third kappa shape index (κ3) is 5.75. The van der Waals surface area contributed by atoms with Crippen molar-refractivity contribution in [3.05, 3.63) is 29.8 Å². The van der Waals surface area contributed by atoms with Gasteiger partial charge in [-0.25, -0.2) is 0 Å². The topological polar surface area (TPSA) is 50.4 Å². The summed E-state index contributed by atoms with van der Waals surface area (Å²) in [6, 6.07) is 7.52. The fourth-order valence-electron chi connectivity index (χ4n) is 1.69. The molecule has 0 bridgehead atoms. The van der Waals surface area contributed by atoms with Crippen LogP contribution in [-0.4, -0.2) is 31.7 Å². The van der Waals surface area contributed by atoms with Crippen LogP contribution in [0.3, 0.4) is 0 Å². The molecule has 1 aromatic rings. The van der Waals surface area contributed by atoms with E-state index in [4.69, 9.17) is 4.74 Å². The van der Waals surface area contributed by atoms with Gasteiger partial charge in [-0.2, -0.15) is 0 Å². The molecule has 106 valence electrons. The first-order valence-electron chi connectivity index (χ1n) is 6.91. The molecule has 0 saturated heterocycles. The van der Waals surface area contributed by atoms with Crippen molar-refractivity contribution >= 4 is 11.6 Å². The van der Waals surface area contributed by atoms with E-state index in [0.29, 0.717) is 18.7 Å². The zero-order chi connectivity index (χ0) is 14.1. The second-order valence-electron chi connectivity index (χ2n) is 4.48. The van der Waals surface area contributed by atoms with Crippen molar-refractivity contribution in [3.63, 3.8) is 0 Å². The number of ether oxygens (including phenoxy) is 1. The van der Waals surface area contributed by atoms with Gasteiger partial charge >= 0.3 is 0 Å². The zero-order valence-corrected chi connectivity index (χ0v) is 12.0. The van der Waals surface area contributed by atoms with Gasteiger partial charge in [-0.3, -0.25) is 4.79 Å². The maximum Gasteiger partial charge on any atom is 0.251 e. The highest BCUT2D eigenvalue weighted by atomic mass is 16.5. The third-order valence-corrected chi connectivity index (χ3v) is 2.73. The van der Waals surface area contributed by atoms with Gasteiger partial charge in [-0.05, 0) is 44.5 Å². The number of carbonyl (C=O) groups is 1. The highest BCUT2D eigenvalue weighted by Crippen LogP contribution is 2.09. The number of benzene rings is 1. The minimum absolute atomic E-state index is 0.0412. The van der Waals surface area contributed by atoms with Crippen LogP contribution in [-0.2, 0) is 4.74 Å². The minimum atomic E-state index is -0.0615. The molecule has 1 unspecified atom stereocenters. The monoisotopic (exact) mass is 264 g/mol. The van der Waals surface area contributed by atoms with E-state index in [2.05, 4.69) is 17.6 Å². The SMILES string of the molecule is CCCNc1ccc(C(=O)NCC(C)OCC)cc1. The van der Waals surface area contributed by atoms with Crippen LogP contribution in [0.1, 0.15) is 37.6 Å². The van der Waals surface area contributed by atoms with Crippen LogP contribution in [0.5, 0.6) is 0 Å². The van der Waals surface area contributed by atoms with Crippen molar-refractivity contribution in [3.8, 4) is 0 Å². The Morgan fingerprint density at radius 1 is 1.26 bits per heavy atom. The lowest BCUT2D eigenvalue weighted by Gasteiger charge is -2.12. The van der Waals surface area contributed by atoms with Crippen molar-refractivity contribution < 1.29 is 9.53 Å². The van der Waals surface area contributed by atoms with E-state index in [9.17, 15) is 4.79 Å². The summed E-state index contributed by atoms with van der Waals surface area (Å²) < 4.78 is 5.37. The molecule has 0 saturated carbocycles. The first-order valence-corrected chi connectivity index (χ1v) is 6.91. The van der Waals surface area contributed by atoms with Gasteiger partial charge in [-0.15, -0.1) is 0 Å². The predicted molar refractivity (Wildman–Crippen MR) is 78.6 cm³/mol. The Balaban J connectivity index is 2.44. The van der Waals surface area contributed by atoms with Crippen molar-refractivity contribution in [2.75, 3.05) is 25.0 Å². The number of rotatable bonds is 8. The molecule has 0 aliphatic heterocycles. The fraction of sp³-hybridized carbons (Fsp3) is 0.533. The Morgan fingerprint density at radius 3 is 2.53 bits per heavy atom. The Morgan fingerprint density at radius 2 is 1.95 bits per heavy atom. The molecular weight excluding hydrogens is 240 g/mol. The van der Waals surface area contributed by atoms with Gasteiger partial charge in [0.15, 0.2) is 0 Å². The van der Waals surface area contributed by atoms with Crippen molar-refractivity contribution in [2.45, 2.75) is 33.3 Å². The summed E-state index contributed by atoms with van der Waals surface area (Å²) in [6.07, 6.45) is 1.12. The summed E-state index contributed by atoms with van der Waals surface area (Å²) in [5, 5.41) is 6.14. The Kier molecular flexibility index (Phi) is 6.97. The lowest BCUT2D eigenvalue weighted by Crippen LogP contribution is -2.32.